The Morgan fingerprint density at radius 2 is 2.09 bits per heavy atom. The molecule has 0 spiro atoms. The number of hydrogen-bond acceptors (Lipinski definition) is 5. The second-order valence-corrected chi connectivity index (χ2v) is 8.73. The lowest BCUT2D eigenvalue weighted by atomic mass is 9.99. The van der Waals surface area contributed by atoms with Gasteiger partial charge in [-0.3, -0.25) is 14.5 Å². The zero-order valence-corrected chi connectivity index (χ0v) is 18.7. The molecule has 1 amide bonds. The number of ether oxygens (including phenoxy) is 2. The largest absolute Gasteiger partial charge is 0.489 e. The van der Waals surface area contributed by atoms with Gasteiger partial charge < -0.3 is 14.4 Å². The molecule has 7 nitrogen and oxygen atoms in total. The topological polar surface area (TPSA) is 69.5 Å². The smallest absolute Gasteiger partial charge is 0.256 e. The molecule has 0 bridgehead atoms. The van der Waals surface area contributed by atoms with Crippen molar-refractivity contribution < 1.29 is 18.7 Å². The van der Waals surface area contributed by atoms with Gasteiger partial charge in [0, 0.05) is 50.0 Å². The summed E-state index contributed by atoms with van der Waals surface area (Å²) in [6, 6.07) is 12.5. The van der Waals surface area contributed by atoms with Gasteiger partial charge in [0.05, 0.1) is 23.9 Å². The maximum absolute atomic E-state index is 15.2. The number of rotatable bonds is 6. The molecule has 8 heteroatoms. The molecular formula is C26H23FN4O3. The Morgan fingerprint density at radius 3 is 2.85 bits per heavy atom. The normalized spacial score (nSPS) is 17.2. The minimum atomic E-state index is -0.353. The summed E-state index contributed by atoms with van der Waals surface area (Å²) in [7, 11) is 1.85. The van der Waals surface area contributed by atoms with Crippen LogP contribution in [0.15, 0.2) is 54.9 Å². The molecule has 2 aromatic carbocycles. The molecular weight excluding hydrogens is 435 g/mol. The van der Waals surface area contributed by atoms with Crippen molar-refractivity contribution in [1.82, 2.24) is 19.7 Å². The van der Waals surface area contributed by atoms with Crippen molar-refractivity contribution in [3.8, 4) is 16.9 Å². The van der Waals surface area contributed by atoms with E-state index in [1.807, 2.05) is 31.4 Å². The molecule has 4 heterocycles. The van der Waals surface area contributed by atoms with Gasteiger partial charge in [0.1, 0.15) is 23.7 Å². The standard InChI is InChI=1S/C26H23FN4O3/c1-30-13-21-19(6-7-24(25(21)29-30)34-15-18-8-10-33-18)16-4-5-17(22(27)11-16)12-31-14-23-20(26(31)32)3-2-9-28-23/h2-7,9,11,13,18H,8,10,12,14-15H2,1H3. The van der Waals surface area contributed by atoms with Gasteiger partial charge >= 0.3 is 0 Å². The Bertz CT molecular complexity index is 1410. The summed E-state index contributed by atoms with van der Waals surface area (Å²) in [5, 5.41) is 5.45. The summed E-state index contributed by atoms with van der Waals surface area (Å²) >= 11 is 0. The van der Waals surface area contributed by atoms with Gasteiger partial charge in [-0.15, -0.1) is 0 Å². The first-order valence-electron chi connectivity index (χ1n) is 11.3. The molecule has 0 aliphatic carbocycles. The number of benzene rings is 2. The number of fused-ring (bicyclic) bond motifs is 2. The zero-order chi connectivity index (χ0) is 23.2. The van der Waals surface area contributed by atoms with E-state index in [0.717, 1.165) is 40.8 Å². The van der Waals surface area contributed by atoms with Gasteiger partial charge in [0.2, 0.25) is 0 Å². The first kappa shape index (κ1) is 20.8. The number of pyridine rings is 1. The average molecular weight is 458 g/mol. The van der Waals surface area contributed by atoms with E-state index in [2.05, 4.69) is 10.1 Å². The molecule has 2 aliphatic heterocycles. The van der Waals surface area contributed by atoms with Gasteiger partial charge in [-0.2, -0.15) is 5.10 Å². The first-order valence-corrected chi connectivity index (χ1v) is 11.3. The molecule has 0 radical (unpaired) electrons. The zero-order valence-electron chi connectivity index (χ0n) is 18.7. The molecule has 34 heavy (non-hydrogen) atoms. The number of nitrogens with zero attached hydrogens (tertiary/aromatic N) is 4. The Hall–Kier alpha value is -3.78. The number of amides is 1. The van der Waals surface area contributed by atoms with Crippen LogP contribution in [0.5, 0.6) is 5.75 Å². The highest BCUT2D eigenvalue weighted by atomic mass is 19.1. The fraction of sp³-hybridized carbons (Fsp3) is 0.269. The molecule has 0 N–H and O–H groups in total. The number of halogens is 1. The molecule has 0 saturated carbocycles. The number of aryl methyl sites for hydroxylation is 1. The molecule has 1 unspecified atom stereocenters. The van der Waals surface area contributed by atoms with Gasteiger partial charge in [0.15, 0.2) is 0 Å². The van der Waals surface area contributed by atoms with E-state index in [9.17, 15) is 4.79 Å². The van der Waals surface area contributed by atoms with Crippen LogP contribution in [0.25, 0.3) is 22.0 Å². The third kappa shape index (κ3) is 3.60. The Labute approximate surface area is 195 Å². The fourth-order valence-corrected chi connectivity index (χ4v) is 4.52. The molecule has 4 aromatic rings. The minimum Gasteiger partial charge on any atom is -0.489 e. The molecule has 1 atom stereocenters. The quantitative estimate of drug-likeness (QED) is 0.435. The van der Waals surface area contributed by atoms with Gasteiger partial charge in [0.25, 0.3) is 5.91 Å². The van der Waals surface area contributed by atoms with Crippen LogP contribution < -0.4 is 4.74 Å². The summed E-state index contributed by atoms with van der Waals surface area (Å²) in [6.07, 6.45) is 4.71. The fourth-order valence-electron chi connectivity index (χ4n) is 4.52. The van der Waals surface area contributed by atoms with Gasteiger partial charge in [-0.05, 0) is 41.5 Å². The molecule has 1 saturated heterocycles. The van der Waals surface area contributed by atoms with Crippen molar-refractivity contribution in [1.29, 1.82) is 0 Å². The third-order valence-corrected chi connectivity index (χ3v) is 6.45. The first-order chi connectivity index (χ1) is 16.6. The summed E-state index contributed by atoms with van der Waals surface area (Å²) in [5.74, 6) is 0.216. The predicted molar refractivity (Wildman–Crippen MR) is 124 cm³/mol. The summed E-state index contributed by atoms with van der Waals surface area (Å²) in [4.78, 5) is 18.5. The highest BCUT2D eigenvalue weighted by Crippen LogP contribution is 2.35. The number of hydrogen-bond donors (Lipinski definition) is 0. The van der Waals surface area contributed by atoms with Crippen molar-refractivity contribution in [2.45, 2.75) is 25.6 Å². The van der Waals surface area contributed by atoms with Crippen molar-refractivity contribution in [3.63, 3.8) is 0 Å². The van der Waals surface area contributed by atoms with Crippen LogP contribution in [0.3, 0.4) is 0 Å². The molecule has 1 fully saturated rings. The van der Waals surface area contributed by atoms with Crippen LogP contribution >= 0.6 is 0 Å². The Kier molecular flexibility index (Phi) is 5.03. The maximum atomic E-state index is 15.2. The highest BCUT2D eigenvalue weighted by molar-refractivity contribution is 5.98. The van der Waals surface area contributed by atoms with E-state index in [4.69, 9.17) is 9.47 Å². The van der Waals surface area contributed by atoms with E-state index in [-0.39, 0.29) is 24.4 Å². The number of carbonyl (C=O) groups excluding carboxylic acids is 1. The van der Waals surface area contributed by atoms with Gasteiger partial charge in [-0.25, -0.2) is 4.39 Å². The molecule has 2 aliphatic rings. The second kappa shape index (κ2) is 8.22. The van der Waals surface area contributed by atoms with E-state index >= 15 is 4.39 Å². The second-order valence-electron chi connectivity index (χ2n) is 8.73. The van der Waals surface area contributed by atoms with E-state index in [1.165, 1.54) is 6.07 Å². The van der Waals surface area contributed by atoms with E-state index < -0.39 is 0 Å². The minimum absolute atomic E-state index is 0.119. The van der Waals surface area contributed by atoms with Crippen LogP contribution in [-0.4, -0.2) is 44.9 Å². The van der Waals surface area contributed by atoms with Crippen molar-refractivity contribution in [3.05, 3.63) is 77.5 Å². The van der Waals surface area contributed by atoms with E-state index in [0.29, 0.717) is 30.0 Å². The third-order valence-electron chi connectivity index (χ3n) is 6.45. The lowest BCUT2D eigenvalue weighted by Gasteiger charge is -2.26. The lowest BCUT2D eigenvalue weighted by Crippen LogP contribution is -2.32. The highest BCUT2D eigenvalue weighted by Gasteiger charge is 2.28. The summed E-state index contributed by atoms with van der Waals surface area (Å²) < 4.78 is 28.3. The number of aromatic nitrogens is 3. The Morgan fingerprint density at radius 1 is 1.21 bits per heavy atom. The van der Waals surface area contributed by atoms with Crippen LogP contribution in [0.2, 0.25) is 0 Å². The lowest BCUT2D eigenvalue weighted by molar-refractivity contribution is -0.0718. The van der Waals surface area contributed by atoms with Crippen molar-refractivity contribution >= 4 is 16.8 Å². The average Bonchev–Trinajstić information content (AvgIpc) is 3.34. The van der Waals surface area contributed by atoms with Crippen LogP contribution in [0.1, 0.15) is 28.0 Å². The van der Waals surface area contributed by atoms with E-state index in [1.54, 1.807) is 34.0 Å². The molecule has 172 valence electrons. The molecule has 2 aromatic heterocycles. The Balaban J connectivity index is 1.26. The van der Waals surface area contributed by atoms with Crippen LogP contribution in [0, 0.1) is 5.82 Å². The number of carbonyl (C=O) groups is 1. The van der Waals surface area contributed by atoms with Gasteiger partial charge in [-0.1, -0.05) is 12.1 Å². The van der Waals surface area contributed by atoms with Crippen LogP contribution in [0.4, 0.5) is 4.39 Å². The summed E-state index contributed by atoms with van der Waals surface area (Å²) in [5.41, 5.74) is 4.13. The monoisotopic (exact) mass is 458 g/mol. The maximum Gasteiger partial charge on any atom is 0.256 e. The van der Waals surface area contributed by atoms with Crippen LogP contribution in [-0.2, 0) is 24.9 Å². The van der Waals surface area contributed by atoms with Crippen molar-refractivity contribution in [2.24, 2.45) is 7.05 Å². The predicted octanol–water partition coefficient (Wildman–Crippen LogP) is 4.10. The van der Waals surface area contributed by atoms with Crippen molar-refractivity contribution in [2.75, 3.05) is 13.2 Å². The molecule has 6 rings (SSSR count). The SMILES string of the molecule is Cn1cc2c(-c3ccc(CN4Cc5ncccc5C4=O)c(F)c3)ccc(OCC3CCO3)c2n1. The summed E-state index contributed by atoms with van der Waals surface area (Å²) in [6.45, 7) is 1.85.